The largest absolute Gasteiger partial charge is 0.444 e. The number of ether oxygens (including phenoxy) is 1. The lowest BCUT2D eigenvalue weighted by Crippen LogP contribution is -2.62. The van der Waals surface area contributed by atoms with Crippen molar-refractivity contribution in [2.45, 2.75) is 51.8 Å². The van der Waals surface area contributed by atoms with Crippen LogP contribution in [0.5, 0.6) is 0 Å². The Bertz CT molecular complexity index is 257. The highest BCUT2D eigenvalue weighted by atomic mass is 16.6. The van der Waals surface area contributed by atoms with Gasteiger partial charge in [0.1, 0.15) is 5.60 Å². The van der Waals surface area contributed by atoms with E-state index < -0.39 is 5.60 Å². The molecule has 5 nitrogen and oxygen atoms in total. The first-order valence-corrected chi connectivity index (χ1v) is 6.16. The highest BCUT2D eigenvalue weighted by Gasteiger charge is 2.33. The molecule has 1 aliphatic rings. The van der Waals surface area contributed by atoms with Gasteiger partial charge in [0.25, 0.3) is 0 Å². The predicted molar refractivity (Wildman–Crippen MR) is 65.9 cm³/mol. The SMILES string of the molecule is CC(CCO)NC1CN(C(=O)OC(C)(C)C)C1. The van der Waals surface area contributed by atoms with E-state index in [1.165, 1.54) is 0 Å². The number of hydrogen-bond donors (Lipinski definition) is 2. The molecule has 0 bridgehead atoms. The zero-order valence-corrected chi connectivity index (χ0v) is 11.2. The second-order valence-electron chi connectivity index (χ2n) is 5.66. The minimum Gasteiger partial charge on any atom is -0.444 e. The van der Waals surface area contributed by atoms with Crippen LogP contribution < -0.4 is 5.32 Å². The molecule has 1 aliphatic heterocycles. The van der Waals surface area contributed by atoms with E-state index in [4.69, 9.17) is 9.84 Å². The number of nitrogens with zero attached hydrogens (tertiary/aromatic N) is 1. The van der Waals surface area contributed by atoms with E-state index >= 15 is 0 Å². The number of aliphatic hydroxyl groups excluding tert-OH is 1. The molecule has 1 rings (SSSR count). The van der Waals surface area contributed by atoms with Crippen molar-refractivity contribution in [3.63, 3.8) is 0 Å². The first-order valence-electron chi connectivity index (χ1n) is 6.16. The molecule has 5 heteroatoms. The fraction of sp³-hybridized carbons (Fsp3) is 0.917. The van der Waals surface area contributed by atoms with Crippen molar-refractivity contribution in [3.05, 3.63) is 0 Å². The van der Waals surface area contributed by atoms with Crippen LogP contribution in [0.1, 0.15) is 34.1 Å². The minimum absolute atomic E-state index is 0.191. The van der Waals surface area contributed by atoms with Gasteiger partial charge in [0.05, 0.1) is 0 Å². The maximum absolute atomic E-state index is 11.6. The molecule has 1 amide bonds. The van der Waals surface area contributed by atoms with Crippen LogP contribution in [-0.4, -0.2) is 53.5 Å². The second kappa shape index (κ2) is 5.69. The number of nitrogens with one attached hydrogen (secondary N) is 1. The summed E-state index contributed by atoms with van der Waals surface area (Å²) in [6, 6.07) is 0.606. The topological polar surface area (TPSA) is 61.8 Å². The highest BCUT2D eigenvalue weighted by Crippen LogP contribution is 2.15. The van der Waals surface area contributed by atoms with Crippen LogP contribution in [0.4, 0.5) is 4.79 Å². The molecule has 1 heterocycles. The third kappa shape index (κ3) is 4.91. The normalized spacial score (nSPS) is 18.8. The predicted octanol–water partition coefficient (Wildman–Crippen LogP) is 0.966. The van der Waals surface area contributed by atoms with Crippen LogP contribution in [-0.2, 0) is 4.74 Å². The van der Waals surface area contributed by atoms with Crippen LogP contribution in [0.2, 0.25) is 0 Å². The molecular formula is C12H24N2O3. The Morgan fingerprint density at radius 1 is 1.53 bits per heavy atom. The maximum atomic E-state index is 11.6. The Hall–Kier alpha value is -0.810. The van der Waals surface area contributed by atoms with Gasteiger partial charge in [-0.25, -0.2) is 4.79 Å². The van der Waals surface area contributed by atoms with Gasteiger partial charge in [-0.05, 0) is 34.1 Å². The lowest BCUT2D eigenvalue weighted by Gasteiger charge is -2.41. The monoisotopic (exact) mass is 244 g/mol. The van der Waals surface area contributed by atoms with Gasteiger partial charge in [0.2, 0.25) is 0 Å². The molecule has 0 radical (unpaired) electrons. The summed E-state index contributed by atoms with van der Waals surface area (Å²) in [6.45, 7) is 9.19. The number of amides is 1. The van der Waals surface area contributed by atoms with Crippen molar-refractivity contribution in [2.75, 3.05) is 19.7 Å². The van der Waals surface area contributed by atoms with E-state index in [1.807, 2.05) is 27.7 Å². The molecule has 0 aromatic rings. The van der Waals surface area contributed by atoms with Gasteiger partial charge in [-0.1, -0.05) is 0 Å². The molecule has 0 aromatic carbocycles. The zero-order valence-electron chi connectivity index (χ0n) is 11.2. The molecule has 2 N–H and O–H groups in total. The molecule has 1 saturated heterocycles. The summed E-state index contributed by atoms with van der Waals surface area (Å²) < 4.78 is 5.26. The Balaban J connectivity index is 2.20. The van der Waals surface area contributed by atoms with E-state index in [1.54, 1.807) is 4.90 Å². The van der Waals surface area contributed by atoms with Crippen molar-refractivity contribution in [1.29, 1.82) is 0 Å². The van der Waals surface area contributed by atoms with E-state index in [9.17, 15) is 4.79 Å². The number of likely N-dealkylation sites (tertiary alicyclic amines) is 1. The number of aliphatic hydroxyl groups is 1. The average molecular weight is 244 g/mol. The third-order valence-electron chi connectivity index (χ3n) is 2.62. The second-order valence-corrected chi connectivity index (χ2v) is 5.66. The molecule has 0 aliphatic carbocycles. The van der Waals surface area contributed by atoms with Crippen LogP contribution in [0.25, 0.3) is 0 Å². The van der Waals surface area contributed by atoms with E-state index in [0.717, 1.165) is 6.42 Å². The van der Waals surface area contributed by atoms with E-state index in [0.29, 0.717) is 19.1 Å². The van der Waals surface area contributed by atoms with Gasteiger partial charge in [-0.2, -0.15) is 0 Å². The van der Waals surface area contributed by atoms with Crippen molar-refractivity contribution >= 4 is 6.09 Å². The summed E-state index contributed by atoms with van der Waals surface area (Å²) in [4.78, 5) is 13.3. The number of carbonyl (C=O) groups excluding carboxylic acids is 1. The Morgan fingerprint density at radius 3 is 2.59 bits per heavy atom. The Kier molecular flexibility index (Phi) is 4.77. The summed E-state index contributed by atoms with van der Waals surface area (Å²) in [5.74, 6) is 0. The molecule has 1 fully saturated rings. The van der Waals surface area contributed by atoms with Gasteiger partial charge in [-0.15, -0.1) is 0 Å². The molecule has 100 valence electrons. The van der Waals surface area contributed by atoms with Crippen molar-refractivity contribution < 1.29 is 14.6 Å². The van der Waals surface area contributed by atoms with Gasteiger partial charge in [-0.3, -0.25) is 0 Å². The summed E-state index contributed by atoms with van der Waals surface area (Å²) in [7, 11) is 0. The maximum Gasteiger partial charge on any atom is 0.410 e. The van der Waals surface area contributed by atoms with Crippen LogP contribution in [0.3, 0.4) is 0 Å². The number of carbonyl (C=O) groups is 1. The molecule has 0 saturated carbocycles. The smallest absolute Gasteiger partial charge is 0.410 e. The standard InChI is InChI=1S/C12H24N2O3/c1-9(5-6-15)13-10-7-14(8-10)11(16)17-12(2,3)4/h9-10,13,15H,5-8H2,1-4H3. The Morgan fingerprint density at radius 2 is 2.12 bits per heavy atom. The van der Waals surface area contributed by atoms with Gasteiger partial charge < -0.3 is 20.1 Å². The minimum atomic E-state index is -0.431. The quantitative estimate of drug-likeness (QED) is 0.773. The first-order chi connectivity index (χ1) is 7.81. The van der Waals surface area contributed by atoms with Gasteiger partial charge in [0.15, 0.2) is 0 Å². The lowest BCUT2D eigenvalue weighted by molar-refractivity contribution is 0.00405. The van der Waals surface area contributed by atoms with Crippen molar-refractivity contribution in [2.24, 2.45) is 0 Å². The fourth-order valence-corrected chi connectivity index (χ4v) is 1.74. The lowest BCUT2D eigenvalue weighted by atomic mass is 10.1. The molecule has 1 atom stereocenters. The summed E-state index contributed by atoms with van der Waals surface area (Å²) in [5.41, 5.74) is -0.431. The molecular weight excluding hydrogens is 220 g/mol. The average Bonchev–Trinajstić information content (AvgIpc) is 2.07. The van der Waals surface area contributed by atoms with Crippen LogP contribution in [0, 0.1) is 0 Å². The molecule has 0 aromatic heterocycles. The summed E-state index contributed by atoms with van der Waals surface area (Å²) >= 11 is 0. The third-order valence-corrected chi connectivity index (χ3v) is 2.62. The molecule has 17 heavy (non-hydrogen) atoms. The summed E-state index contributed by atoms with van der Waals surface area (Å²) in [6.07, 6.45) is 0.494. The summed E-state index contributed by atoms with van der Waals surface area (Å²) in [5, 5.41) is 12.1. The number of hydrogen-bond acceptors (Lipinski definition) is 4. The van der Waals surface area contributed by atoms with Gasteiger partial charge in [0, 0.05) is 31.8 Å². The number of rotatable bonds is 4. The Labute approximate surface area is 103 Å². The fourth-order valence-electron chi connectivity index (χ4n) is 1.74. The van der Waals surface area contributed by atoms with Crippen LogP contribution in [0.15, 0.2) is 0 Å². The first kappa shape index (κ1) is 14.3. The van der Waals surface area contributed by atoms with E-state index in [-0.39, 0.29) is 18.7 Å². The highest BCUT2D eigenvalue weighted by molar-refractivity contribution is 5.69. The van der Waals surface area contributed by atoms with Crippen molar-refractivity contribution in [1.82, 2.24) is 10.2 Å². The molecule has 1 unspecified atom stereocenters. The molecule has 0 spiro atoms. The van der Waals surface area contributed by atoms with E-state index in [2.05, 4.69) is 5.32 Å². The van der Waals surface area contributed by atoms with Crippen molar-refractivity contribution in [3.8, 4) is 0 Å². The van der Waals surface area contributed by atoms with Crippen LogP contribution >= 0.6 is 0 Å². The zero-order chi connectivity index (χ0) is 13.1. The van der Waals surface area contributed by atoms with Gasteiger partial charge >= 0.3 is 6.09 Å².